The Labute approximate surface area is 166 Å². The minimum absolute atomic E-state index is 0.315. The Bertz CT molecular complexity index is 722. The molecule has 2 saturated carbocycles. The van der Waals surface area contributed by atoms with Crippen LogP contribution in [0.2, 0.25) is 0 Å². The lowest BCUT2D eigenvalue weighted by atomic mass is 9.92. The molecule has 0 aliphatic heterocycles. The lowest BCUT2D eigenvalue weighted by molar-refractivity contribution is 0.0665. The zero-order valence-corrected chi connectivity index (χ0v) is 16.9. The normalized spacial score (nSPS) is 28.2. The van der Waals surface area contributed by atoms with Crippen LogP contribution in [0.4, 0.5) is 11.6 Å². The van der Waals surface area contributed by atoms with Gasteiger partial charge >= 0.3 is 0 Å². The Morgan fingerprint density at radius 1 is 0.857 bits per heavy atom. The van der Waals surface area contributed by atoms with Crippen LogP contribution >= 0.6 is 0 Å². The molecule has 2 aliphatic rings. The number of nitrogens with zero attached hydrogens (tertiary/aromatic N) is 3. The second kappa shape index (κ2) is 9.01. The maximum absolute atomic E-state index is 5.59. The smallest absolute Gasteiger partial charge is 0.180 e. The van der Waals surface area contributed by atoms with E-state index in [9.17, 15) is 0 Å². The van der Waals surface area contributed by atoms with Crippen molar-refractivity contribution >= 4 is 22.8 Å². The van der Waals surface area contributed by atoms with Gasteiger partial charge in [-0.05, 0) is 63.5 Å². The molecule has 152 valence electrons. The number of hydrogen-bond donors (Lipinski definition) is 2. The Hall–Kier alpha value is -1.99. The summed E-state index contributed by atoms with van der Waals surface area (Å²) in [6.45, 7) is 0. The average molecular weight is 386 g/mol. The van der Waals surface area contributed by atoms with Gasteiger partial charge in [-0.15, -0.1) is 0 Å². The van der Waals surface area contributed by atoms with Gasteiger partial charge in [0.05, 0.1) is 12.2 Å². The van der Waals surface area contributed by atoms with E-state index in [1.165, 1.54) is 6.42 Å². The van der Waals surface area contributed by atoms with E-state index in [0.29, 0.717) is 29.9 Å². The van der Waals surface area contributed by atoms with Crippen molar-refractivity contribution in [1.82, 2.24) is 15.0 Å². The second-order valence-corrected chi connectivity index (χ2v) is 8.00. The zero-order valence-electron chi connectivity index (χ0n) is 16.9. The van der Waals surface area contributed by atoms with E-state index in [1.54, 1.807) is 20.4 Å². The van der Waals surface area contributed by atoms with Gasteiger partial charge in [-0.2, -0.15) is 0 Å². The molecule has 4 unspecified atom stereocenters. The van der Waals surface area contributed by atoms with Crippen LogP contribution in [0.15, 0.2) is 18.3 Å². The minimum atomic E-state index is 0.315. The first-order valence-electron chi connectivity index (χ1n) is 10.5. The fourth-order valence-electron chi connectivity index (χ4n) is 4.46. The number of aromatic nitrogens is 3. The summed E-state index contributed by atoms with van der Waals surface area (Å²) in [5, 5.41) is 7.28. The van der Waals surface area contributed by atoms with Crippen LogP contribution in [0.25, 0.3) is 11.2 Å². The third kappa shape index (κ3) is 4.52. The molecule has 28 heavy (non-hydrogen) atoms. The van der Waals surface area contributed by atoms with Crippen molar-refractivity contribution < 1.29 is 9.47 Å². The third-order valence-corrected chi connectivity index (χ3v) is 6.04. The molecule has 4 atom stereocenters. The average Bonchev–Trinajstić information content (AvgIpc) is 2.74. The number of rotatable bonds is 6. The van der Waals surface area contributed by atoms with E-state index < -0.39 is 0 Å². The lowest BCUT2D eigenvalue weighted by Crippen LogP contribution is -2.33. The standard InChI is InChI=1S/C21H31N5O2/c1-27-16-8-3-6-14(12-16)23-20-21(24-15-7-4-9-17(13-15)28-2)26-19-18(25-20)10-5-11-22-19/h5,10-11,14-17H,3-4,6-9,12-13H2,1-2H3,(H,23,25)(H,22,24,26). The number of pyridine rings is 1. The summed E-state index contributed by atoms with van der Waals surface area (Å²) in [6.07, 6.45) is 11.2. The molecule has 0 radical (unpaired) electrons. The van der Waals surface area contributed by atoms with Gasteiger partial charge in [0.2, 0.25) is 0 Å². The summed E-state index contributed by atoms with van der Waals surface area (Å²) in [5.41, 5.74) is 1.49. The van der Waals surface area contributed by atoms with Crippen LogP contribution in [0.5, 0.6) is 0 Å². The van der Waals surface area contributed by atoms with Gasteiger partial charge in [0, 0.05) is 32.5 Å². The molecule has 2 N–H and O–H groups in total. The van der Waals surface area contributed by atoms with Crippen LogP contribution in [0.1, 0.15) is 51.4 Å². The van der Waals surface area contributed by atoms with Gasteiger partial charge in [-0.3, -0.25) is 0 Å². The number of fused-ring (bicyclic) bond motifs is 1. The van der Waals surface area contributed by atoms with Crippen molar-refractivity contribution in [3.8, 4) is 0 Å². The molecule has 7 heteroatoms. The van der Waals surface area contributed by atoms with Gasteiger partial charge in [0.15, 0.2) is 17.3 Å². The maximum Gasteiger partial charge on any atom is 0.180 e. The third-order valence-electron chi connectivity index (χ3n) is 6.04. The Balaban J connectivity index is 1.57. The predicted molar refractivity (Wildman–Crippen MR) is 111 cm³/mol. The van der Waals surface area contributed by atoms with Crippen molar-refractivity contribution in [2.45, 2.75) is 75.7 Å². The van der Waals surface area contributed by atoms with Crippen molar-refractivity contribution in [3.05, 3.63) is 18.3 Å². The first kappa shape index (κ1) is 19.3. The molecular formula is C21H31N5O2. The molecule has 0 bridgehead atoms. The number of nitrogens with one attached hydrogen (secondary N) is 2. The summed E-state index contributed by atoms with van der Waals surface area (Å²) in [7, 11) is 3.60. The first-order valence-corrected chi connectivity index (χ1v) is 10.5. The molecule has 2 fully saturated rings. The molecule has 0 amide bonds. The van der Waals surface area contributed by atoms with Crippen molar-refractivity contribution in [3.63, 3.8) is 0 Å². The molecule has 7 nitrogen and oxygen atoms in total. The number of methoxy groups -OCH3 is 2. The summed E-state index contributed by atoms with van der Waals surface area (Å²) < 4.78 is 11.2. The lowest BCUT2D eigenvalue weighted by Gasteiger charge is -2.31. The van der Waals surface area contributed by atoms with Gasteiger partial charge in [0.1, 0.15) is 5.52 Å². The summed E-state index contributed by atoms with van der Waals surface area (Å²) in [5.74, 6) is 1.62. The summed E-state index contributed by atoms with van der Waals surface area (Å²) in [6, 6.07) is 4.55. The second-order valence-electron chi connectivity index (χ2n) is 8.00. The topological polar surface area (TPSA) is 81.2 Å². The molecule has 0 spiro atoms. The highest BCUT2D eigenvalue weighted by Crippen LogP contribution is 2.29. The Morgan fingerprint density at radius 3 is 2.07 bits per heavy atom. The minimum Gasteiger partial charge on any atom is -0.381 e. The monoisotopic (exact) mass is 385 g/mol. The molecule has 4 rings (SSSR count). The fraction of sp³-hybridized carbons (Fsp3) is 0.667. The van der Waals surface area contributed by atoms with E-state index in [4.69, 9.17) is 19.4 Å². The molecule has 2 aliphatic carbocycles. The number of hydrogen-bond acceptors (Lipinski definition) is 7. The van der Waals surface area contributed by atoms with E-state index >= 15 is 0 Å². The van der Waals surface area contributed by atoms with Crippen LogP contribution in [0, 0.1) is 0 Å². The zero-order chi connectivity index (χ0) is 19.3. The van der Waals surface area contributed by atoms with Gasteiger partial charge < -0.3 is 20.1 Å². The van der Waals surface area contributed by atoms with E-state index in [2.05, 4.69) is 15.6 Å². The van der Waals surface area contributed by atoms with E-state index in [1.807, 2.05) is 12.1 Å². The highest BCUT2D eigenvalue weighted by Gasteiger charge is 2.26. The molecule has 2 heterocycles. The summed E-state index contributed by atoms with van der Waals surface area (Å²) >= 11 is 0. The van der Waals surface area contributed by atoms with E-state index in [-0.39, 0.29) is 0 Å². The highest BCUT2D eigenvalue weighted by molar-refractivity contribution is 5.77. The van der Waals surface area contributed by atoms with Crippen molar-refractivity contribution in [1.29, 1.82) is 0 Å². The quantitative estimate of drug-likeness (QED) is 0.783. The molecular weight excluding hydrogens is 354 g/mol. The predicted octanol–water partition coefficient (Wildman–Crippen LogP) is 3.76. The molecule has 2 aromatic heterocycles. The van der Waals surface area contributed by atoms with Gasteiger partial charge in [-0.1, -0.05) is 0 Å². The fourth-order valence-corrected chi connectivity index (χ4v) is 4.46. The van der Waals surface area contributed by atoms with E-state index in [0.717, 1.165) is 62.1 Å². The maximum atomic E-state index is 5.59. The largest absolute Gasteiger partial charge is 0.381 e. The Morgan fingerprint density at radius 2 is 1.46 bits per heavy atom. The number of anilines is 2. The first-order chi connectivity index (χ1) is 13.7. The molecule has 2 aromatic rings. The van der Waals surface area contributed by atoms with Crippen molar-refractivity contribution in [2.24, 2.45) is 0 Å². The SMILES string of the molecule is COC1CCCC(Nc2nc3cccnc3nc2NC2CCCC(OC)C2)C1. The van der Waals surface area contributed by atoms with Crippen molar-refractivity contribution in [2.75, 3.05) is 24.9 Å². The summed E-state index contributed by atoms with van der Waals surface area (Å²) in [4.78, 5) is 14.1. The molecule has 0 aromatic carbocycles. The van der Waals surface area contributed by atoms with Gasteiger partial charge in [-0.25, -0.2) is 15.0 Å². The number of ether oxygens (including phenoxy) is 2. The molecule has 0 saturated heterocycles. The highest BCUT2D eigenvalue weighted by atomic mass is 16.5. The van der Waals surface area contributed by atoms with Crippen LogP contribution in [-0.2, 0) is 9.47 Å². The van der Waals surface area contributed by atoms with Crippen LogP contribution < -0.4 is 10.6 Å². The van der Waals surface area contributed by atoms with Crippen LogP contribution in [0.3, 0.4) is 0 Å². The van der Waals surface area contributed by atoms with Gasteiger partial charge in [0.25, 0.3) is 0 Å². The van der Waals surface area contributed by atoms with Crippen LogP contribution in [-0.4, -0.2) is 53.5 Å². The Kier molecular flexibility index (Phi) is 6.22.